The summed E-state index contributed by atoms with van der Waals surface area (Å²) < 4.78 is 5.99. The van der Waals surface area contributed by atoms with Crippen LogP contribution in [0.4, 0.5) is 5.00 Å². The first kappa shape index (κ1) is 19.9. The summed E-state index contributed by atoms with van der Waals surface area (Å²) in [6.45, 7) is 0. The Kier molecular flexibility index (Phi) is 5.83. The largest absolute Gasteiger partial charge is 0.504 e. The number of ether oxygens (including phenoxy) is 1. The van der Waals surface area contributed by atoms with E-state index in [1.165, 1.54) is 12.0 Å². The van der Waals surface area contributed by atoms with Crippen molar-refractivity contribution in [2.45, 2.75) is 25.7 Å². The Balaban J connectivity index is 1.79. The Labute approximate surface area is 182 Å². The Morgan fingerprint density at radius 2 is 1.97 bits per heavy atom. The highest BCUT2D eigenvalue weighted by molar-refractivity contribution is 9.10. The molecule has 1 N–H and O–H groups in total. The predicted octanol–water partition coefficient (Wildman–Crippen LogP) is 6.09. The number of hydrogen-bond acceptors (Lipinski definition) is 5. The van der Waals surface area contributed by atoms with Gasteiger partial charge in [-0.3, -0.25) is 4.79 Å². The first-order chi connectivity index (χ1) is 14.1. The minimum Gasteiger partial charge on any atom is -0.504 e. The summed E-state index contributed by atoms with van der Waals surface area (Å²) in [5.74, 6) is 0.400. The molecule has 0 spiro atoms. The molecule has 0 unspecified atom stereocenters. The van der Waals surface area contributed by atoms with Gasteiger partial charge in [-0.05, 0) is 43.4 Å². The van der Waals surface area contributed by atoms with E-state index in [1.807, 2.05) is 30.3 Å². The minimum atomic E-state index is 0.00759. The highest BCUT2D eigenvalue weighted by Gasteiger charge is 2.26. The van der Waals surface area contributed by atoms with Crippen molar-refractivity contribution in [3.8, 4) is 11.5 Å². The van der Waals surface area contributed by atoms with Crippen LogP contribution in [-0.2, 0) is 12.8 Å². The van der Waals surface area contributed by atoms with Gasteiger partial charge in [-0.2, -0.15) is 0 Å². The molecule has 2 aromatic carbocycles. The number of benzene rings is 2. The van der Waals surface area contributed by atoms with Crippen LogP contribution in [0.5, 0.6) is 11.5 Å². The van der Waals surface area contributed by atoms with Crippen LogP contribution in [0.15, 0.2) is 51.9 Å². The third kappa shape index (κ3) is 4.00. The second kappa shape index (κ2) is 8.51. The van der Waals surface area contributed by atoms with E-state index in [0.29, 0.717) is 27.4 Å². The number of phenols is 1. The van der Waals surface area contributed by atoms with E-state index >= 15 is 0 Å². The van der Waals surface area contributed by atoms with Crippen molar-refractivity contribution in [2.75, 3.05) is 7.11 Å². The Bertz CT molecular complexity index is 1090. The molecule has 0 aliphatic heterocycles. The molecule has 4 rings (SSSR count). The molecule has 0 amide bonds. The smallest absolute Gasteiger partial charge is 0.196 e. The summed E-state index contributed by atoms with van der Waals surface area (Å²) in [5, 5.41) is 11.1. The number of carbonyl (C=O) groups excluding carboxylic acids is 1. The number of methoxy groups -OCH3 is 1. The first-order valence-electron chi connectivity index (χ1n) is 9.43. The Morgan fingerprint density at radius 3 is 2.72 bits per heavy atom. The van der Waals surface area contributed by atoms with Crippen LogP contribution in [-0.4, -0.2) is 24.2 Å². The normalized spacial score (nSPS) is 13.4. The zero-order chi connectivity index (χ0) is 20.4. The van der Waals surface area contributed by atoms with Gasteiger partial charge in [0.15, 0.2) is 17.3 Å². The number of phenolic OH excluding ortho intramolecular Hbond substituents is 1. The summed E-state index contributed by atoms with van der Waals surface area (Å²) in [4.78, 5) is 19.2. The zero-order valence-corrected chi connectivity index (χ0v) is 18.3. The molecule has 1 aliphatic carbocycles. The van der Waals surface area contributed by atoms with E-state index in [9.17, 15) is 9.90 Å². The first-order valence-corrected chi connectivity index (χ1v) is 11.0. The molecule has 29 heavy (non-hydrogen) atoms. The lowest BCUT2D eigenvalue weighted by Gasteiger charge is -2.12. The molecule has 0 atom stereocenters. The molecule has 1 heterocycles. The van der Waals surface area contributed by atoms with Crippen molar-refractivity contribution in [1.29, 1.82) is 0 Å². The summed E-state index contributed by atoms with van der Waals surface area (Å²) in [6, 6.07) is 12.8. The molecule has 0 saturated heterocycles. The number of aromatic hydroxyl groups is 1. The van der Waals surface area contributed by atoms with Gasteiger partial charge in [0.1, 0.15) is 5.00 Å². The standard InChI is InChI=1S/C23H20BrNO3S/c1-28-18-12-16(24)11-15(21(18)26)13-25-23-20(17-9-5-6-10-19(17)29-23)22(27)14-7-3-2-4-8-14/h2-4,7-8,11-13,26H,5-6,9-10H2,1H3/b25-13+. The van der Waals surface area contributed by atoms with Gasteiger partial charge in [-0.1, -0.05) is 46.3 Å². The minimum absolute atomic E-state index is 0.00759. The molecular weight excluding hydrogens is 450 g/mol. The average molecular weight is 470 g/mol. The number of nitrogens with zero attached hydrogens (tertiary/aromatic N) is 1. The lowest BCUT2D eigenvalue weighted by molar-refractivity contribution is 0.103. The molecule has 0 saturated carbocycles. The fraction of sp³-hybridized carbons (Fsp3) is 0.217. The number of ketones is 1. The number of halogens is 1. The number of rotatable bonds is 5. The summed E-state index contributed by atoms with van der Waals surface area (Å²) in [6.07, 6.45) is 5.72. The number of carbonyl (C=O) groups is 1. The van der Waals surface area contributed by atoms with Crippen molar-refractivity contribution in [3.63, 3.8) is 0 Å². The third-order valence-corrected chi connectivity index (χ3v) is 6.68. The molecule has 0 bridgehead atoms. The average Bonchev–Trinajstić information content (AvgIpc) is 3.12. The lowest BCUT2D eigenvalue weighted by atomic mass is 9.92. The zero-order valence-electron chi connectivity index (χ0n) is 15.9. The van der Waals surface area contributed by atoms with Gasteiger partial charge in [-0.25, -0.2) is 4.99 Å². The van der Waals surface area contributed by atoms with Gasteiger partial charge < -0.3 is 9.84 Å². The van der Waals surface area contributed by atoms with Crippen LogP contribution >= 0.6 is 27.3 Å². The number of thiophene rings is 1. The van der Waals surface area contributed by atoms with Crippen molar-refractivity contribution in [2.24, 2.45) is 4.99 Å². The van der Waals surface area contributed by atoms with Crippen LogP contribution in [0.3, 0.4) is 0 Å². The van der Waals surface area contributed by atoms with Gasteiger partial charge in [0.2, 0.25) is 0 Å². The van der Waals surface area contributed by atoms with E-state index in [2.05, 4.69) is 20.9 Å². The monoisotopic (exact) mass is 469 g/mol. The van der Waals surface area contributed by atoms with Crippen LogP contribution in [0.2, 0.25) is 0 Å². The highest BCUT2D eigenvalue weighted by Crippen LogP contribution is 2.41. The van der Waals surface area contributed by atoms with E-state index < -0.39 is 0 Å². The molecule has 148 valence electrons. The SMILES string of the molecule is COc1cc(Br)cc(/C=N/c2sc3c(c2C(=O)c2ccccc2)CCCC3)c1O. The van der Waals surface area contributed by atoms with Crippen molar-refractivity contribution in [3.05, 3.63) is 74.1 Å². The fourth-order valence-corrected chi connectivity index (χ4v) is 5.27. The molecule has 1 aliphatic rings. The highest BCUT2D eigenvalue weighted by atomic mass is 79.9. The summed E-state index contributed by atoms with van der Waals surface area (Å²) in [7, 11) is 1.51. The molecular formula is C23H20BrNO3S. The number of fused-ring (bicyclic) bond motifs is 1. The fourth-order valence-electron chi connectivity index (χ4n) is 3.59. The van der Waals surface area contributed by atoms with Crippen molar-refractivity contribution in [1.82, 2.24) is 0 Å². The third-order valence-electron chi connectivity index (χ3n) is 5.03. The lowest BCUT2D eigenvalue weighted by Crippen LogP contribution is -2.07. The second-order valence-corrected chi connectivity index (χ2v) is 8.89. The van der Waals surface area contributed by atoms with Gasteiger partial charge >= 0.3 is 0 Å². The molecule has 0 radical (unpaired) electrons. The molecule has 3 aromatic rings. The van der Waals surface area contributed by atoms with Gasteiger partial charge in [-0.15, -0.1) is 11.3 Å². The maximum atomic E-state index is 13.3. The summed E-state index contributed by atoms with van der Waals surface area (Å²) in [5.41, 5.74) is 3.04. The van der Waals surface area contributed by atoms with Crippen LogP contribution in [0.25, 0.3) is 0 Å². The molecule has 0 fully saturated rings. The van der Waals surface area contributed by atoms with Crippen molar-refractivity contribution < 1.29 is 14.6 Å². The number of aryl methyl sites for hydroxylation is 1. The van der Waals surface area contributed by atoms with Crippen LogP contribution in [0.1, 0.15) is 44.8 Å². The predicted molar refractivity (Wildman–Crippen MR) is 120 cm³/mol. The number of aliphatic imine (C=N–C) groups is 1. The van der Waals surface area contributed by atoms with Crippen LogP contribution < -0.4 is 4.74 Å². The Hall–Kier alpha value is -2.44. The quantitative estimate of drug-likeness (QED) is 0.363. The van der Waals surface area contributed by atoms with E-state index in [4.69, 9.17) is 4.74 Å². The Morgan fingerprint density at radius 1 is 1.21 bits per heavy atom. The van der Waals surface area contributed by atoms with E-state index in [0.717, 1.165) is 35.7 Å². The van der Waals surface area contributed by atoms with Crippen LogP contribution in [0, 0.1) is 0 Å². The summed E-state index contributed by atoms with van der Waals surface area (Å²) >= 11 is 5.01. The van der Waals surface area contributed by atoms with Crippen molar-refractivity contribution >= 4 is 44.3 Å². The molecule has 4 nitrogen and oxygen atoms in total. The second-order valence-electron chi connectivity index (χ2n) is 6.89. The maximum absolute atomic E-state index is 13.3. The van der Waals surface area contributed by atoms with E-state index in [1.54, 1.807) is 29.7 Å². The number of hydrogen-bond donors (Lipinski definition) is 1. The van der Waals surface area contributed by atoms with E-state index in [-0.39, 0.29) is 11.5 Å². The van der Waals surface area contributed by atoms with Gasteiger partial charge in [0.05, 0.1) is 12.7 Å². The maximum Gasteiger partial charge on any atom is 0.196 e. The van der Waals surface area contributed by atoms with Gasteiger partial charge in [0.25, 0.3) is 0 Å². The molecule has 6 heteroatoms. The van der Waals surface area contributed by atoms with Gasteiger partial charge in [0, 0.05) is 26.7 Å². The molecule has 1 aromatic heterocycles. The topological polar surface area (TPSA) is 58.9 Å².